The summed E-state index contributed by atoms with van der Waals surface area (Å²) < 4.78 is 0. The molecule has 26 heavy (non-hydrogen) atoms. The highest BCUT2D eigenvalue weighted by Crippen LogP contribution is 2.08. The third kappa shape index (κ3) is 7.11. The van der Waals surface area contributed by atoms with Crippen LogP contribution in [0.2, 0.25) is 0 Å². The molecule has 0 saturated heterocycles. The Morgan fingerprint density at radius 2 is 1.54 bits per heavy atom. The van der Waals surface area contributed by atoms with E-state index in [2.05, 4.69) is 17.9 Å². The Balaban J connectivity index is 2.76. The SMILES string of the molecule is O=C(O)CC(NC(=O)C(S)Cc1ccccc1)C(=O)NC(CO)C(=O)O. The van der Waals surface area contributed by atoms with Crippen molar-refractivity contribution < 1.29 is 34.5 Å². The summed E-state index contributed by atoms with van der Waals surface area (Å²) >= 11 is 4.17. The number of rotatable bonds is 10. The van der Waals surface area contributed by atoms with Gasteiger partial charge in [-0.3, -0.25) is 14.4 Å². The Labute approximate surface area is 154 Å². The first-order chi connectivity index (χ1) is 12.2. The lowest BCUT2D eigenvalue weighted by Crippen LogP contribution is -2.54. The summed E-state index contributed by atoms with van der Waals surface area (Å²) in [6.45, 7) is -0.877. The van der Waals surface area contributed by atoms with E-state index in [1.54, 1.807) is 24.3 Å². The van der Waals surface area contributed by atoms with E-state index in [4.69, 9.17) is 15.3 Å². The summed E-state index contributed by atoms with van der Waals surface area (Å²) in [5, 5.41) is 30.1. The van der Waals surface area contributed by atoms with Gasteiger partial charge in [0.15, 0.2) is 0 Å². The zero-order chi connectivity index (χ0) is 19.7. The largest absolute Gasteiger partial charge is 0.481 e. The van der Waals surface area contributed by atoms with Crippen LogP contribution in [0.1, 0.15) is 12.0 Å². The van der Waals surface area contributed by atoms with Gasteiger partial charge < -0.3 is 26.0 Å². The normalized spacial score (nSPS) is 13.9. The minimum absolute atomic E-state index is 0.256. The van der Waals surface area contributed by atoms with Gasteiger partial charge in [0.2, 0.25) is 11.8 Å². The number of benzene rings is 1. The van der Waals surface area contributed by atoms with Crippen LogP contribution in [-0.4, -0.2) is 63.0 Å². The van der Waals surface area contributed by atoms with Crippen molar-refractivity contribution in [3.05, 3.63) is 35.9 Å². The van der Waals surface area contributed by atoms with Crippen LogP contribution in [-0.2, 0) is 25.6 Å². The highest BCUT2D eigenvalue weighted by molar-refractivity contribution is 7.81. The first-order valence-electron chi connectivity index (χ1n) is 7.62. The average Bonchev–Trinajstić information content (AvgIpc) is 2.58. The number of carbonyl (C=O) groups is 4. The van der Waals surface area contributed by atoms with Crippen LogP contribution < -0.4 is 10.6 Å². The summed E-state index contributed by atoms with van der Waals surface area (Å²) in [5.74, 6) is -4.55. The first-order valence-corrected chi connectivity index (χ1v) is 8.14. The Bertz CT molecular complexity index is 653. The molecule has 5 N–H and O–H groups in total. The van der Waals surface area contributed by atoms with E-state index in [0.717, 1.165) is 5.56 Å². The fraction of sp³-hybridized carbons (Fsp3) is 0.375. The molecule has 10 heteroatoms. The Morgan fingerprint density at radius 1 is 0.962 bits per heavy atom. The molecule has 0 aliphatic heterocycles. The molecule has 9 nitrogen and oxygen atoms in total. The second-order valence-electron chi connectivity index (χ2n) is 5.45. The van der Waals surface area contributed by atoms with Crippen LogP contribution in [0.15, 0.2) is 30.3 Å². The summed E-state index contributed by atoms with van der Waals surface area (Å²) in [6, 6.07) is 5.85. The fourth-order valence-corrected chi connectivity index (χ4v) is 2.33. The van der Waals surface area contributed by atoms with E-state index < -0.39 is 54.1 Å². The van der Waals surface area contributed by atoms with Crippen molar-refractivity contribution >= 4 is 36.4 Å². The molecule has 0 heterocycles. The topological polar surface area (TPSA) is 153 Å². The lowest BCUT2D eigenvalue weighted by molar-refractivity contribution is -0.144. The summed E-state index contributed by atoms with van der Waals surface area (Å²) in [4.78, 5) is 46.1. The van der Waals surface area contributed by atoms with E-state index in [-0.39, 0.29) is 6.42 Å². The van der Waals surface area contributed by atoms with Gasteiger partial charge in [-0.25, -0.2) is 4.79 Å². The third-order valence-corrected chi connectivity index (χ3v) is 3.80. The molecule has 1 aromatic rings. The monoisotopic (exact) mass is 384 g/mol. The molecule has 1 rings (SSSR count). The maximum atomic E-state index is 12.2. The van der Waals surface area contributed by atoms with E-state index in [1.807, 2.05) is 11.4 Å². The molecule has 3 atom stereocenters. The van der Waals surface area contributed by atoms with Gasteiger partial charge >= 0.3 is 11.9 Å². The lowest BCUT2D eigenvalue weighted by Gasteiger charge is -2.21. The number of aliphatic hydroxyl groups is 1. The summed E-state index contributed by atoms with van der Waals surface area (Å²) in [7, 11) is 0. The van der Waals surface area contributed by atoms with Gasteiger partial charge in [-0.05, 0) is 12.0 Å². The van der Waals surface area contributed by atoms with Gasteiger partial charge in [0.1, 0.15) is 12.1 Å². The number of hydrogen-bond donors (Lipinski definition) is 6. The van der Waals surface area contributed by atoms with Crippen molar-refractivity contribution in [3.63, 3.8) is 0 Å². The first kappa shape index (κ1) is 21.5. The minimum atomic E-state index is -1.60. The smallest absolute Gasteiger partial charge is 0.328 e. The van der Waals surface area contributed by atoms with Gasteiger partial charge in [-0.1, -0.05) is 30.3 Å². The molecule has 0 aromatic heterocycles. The molecule has 0 aliphatic rings. The molecule has 2 amide bonds. The van der Waals surface area contributed by atoms with Crippen molar-refractivity contribution in [1.82, 2.24) is 10.6 Å². The van der Waals surface area contributed by atoms with Crippen LogP contribution >= 0.6 is 12.6 Å². The van der Waals surface area contributed by atoms with Crippen LogP contribution in [0.25, 0.3) is 0 Å². The van der Waals surface area contributed by atoms with Gasteiger partial charge in [0, 0.05) is 0 Å². The number of carboxylic acids is 2. The Morgan fingerprint density at radius 3 is 2.04 bits per heavy atom. The van der Waals surface area contributed by atoms with Gasteiger partial charge in [-0.15, -0.1) is 0 Å². The molecule has 0 saturated carbocycles. The Hall–Kier alpha value is -2.59. The minimum Gasteiger partial charge on any atom is -0.481 e. The highest BCUT2D eigenvalue weighted by Gasteiger charge is 2.29. The molecule has 0 radical (unpaired) electrons. The fourth-order valence-electron chi connectivity index (χ4n) is 2.04. The third-order valence-electron chi connectivity index (χ3n) is 3.38. The average molecular weight is 384 g/mol. The van der Waals surface area contributed by atoms with Crippen LogP contribution in [0, 0.1) is 0 Å². The van der Waals surface area contributed by atoms with Gasteiger partial charge in [0.25, 0.3) is 0 Å². The van der Waals surface area contributed by atoms with E-state index in [9.17, 15) is 19.2 Å². The maximum absolute atomic E-state index is 12.2. The molecule has 142 valence electrons. The van der Waals surface area contributed by atoms with Crippen molar-refractivity contribution in [3.8, 4) is 0 Å². The number of amides is 2. The zero-order valence-electron chi connectivity index (χ0n) is 13.7. The van der Waals surface area contributed by atoms with E-state index in [0.29, 0.717) is 0 Å². The molecule has 0 aliphatic carbocycles. The van der Waals surface area contributed by atoms with Crippen LogP contribution in [0.5, 0.6) is 0 Å². The Kier molecular flexibility index (Phi) is 8.59. The van der Waals surface area contributed by atoms with Crippen molar-refractivity contribution in [2.45, 2.75) is 30.2 Å². The van der Waals surface area contributed by atoms with Crippen LogP contribution in [0.3, 0.4) is 0 Å². The molecule has 0 spiro atoms. The van der Waals surface area contributed by atoms with E-state index >= 15 is 0 Å². The van der Waals surface area contributed by atoms with Gasteiger partial charge in [-0.2, -0.15) is 12.6 Å². The van der Waals surface area contributed by atoms with E-state index in [1.165, 1.54) is 0 Å². The second-order valence-corrected chi connectivity index (χ2v) is 6.07. The number of nitrogens with one attached hydrogen (secondary N) is 2. The molecule has 0 fully saturated rings. The van der Waals surface area contributed by atoms with Gasteiger partial charge in [0.05, 0.1) is 18.3 Å². The zero-order valence-corrected chi connectivity index (χ0v) is 14.6. The quantitative estimate of drug-likeness (QED) is 0.284. The predicted octanol–water partition coefficient (Wildman–Crippen LogP) is -0.951. The molecular formula is C16H20N2O7S. The second kappa shape index (κ2) is 10.4. The lowest BCUT2D eigenvalue weighted by atomic mass is 10.1. The van der Waals surface area contributed by atoms with Crippen molar-refractivity contribution in [2.24, 2.45) is 0 Å². The molecule has 0 bridgehead atoms. The standard InChI is InChI=1S/C16H20N2O7S/c19-8-11(16(24)25)18-14(22)10(7-13(20)21)17-15(23)12(26)6-9-4-2-1-3-5-9/h1-5,10-12,19,26H,6-8H2,(H,17,23)(H,18,22)(H,20,21)(H,24,25). The summed E-state index contributed by atoms with van der Waals surface area (Å²) in [5.41, 5.74) is 0.827. The number of carboxylic acid groups (broad SMARTS) is 2. The molecule has 3 unspecified atom stereocenters. The number of aliphatic carboxylic acids is 2. The van der Waals surface area contributed by atoms with Crippen molar-refractivity contribution in [1.29, 1.82) is 0 Å². The van der Waals surface area contributed by atoms with Crippen LogP contribution in [0.4, 0.5) is 0 Å². The molecule has 1 aromatic carbocycles. The number of thiol groups is 1. The number of aliphatic hydroxyl groups excluding tert-OH is 1. The molecular weight excluding hydrogens is 364 g/mol. The number of hydrogen-bond acceptors (Lipinski definition) is 6. The van der Waals surface area contributed by atoms with Crippen molar-refractivity contribution in [2.75, 3.05) is 6.61 Å². The highest BCUT2D eigenvalue weighted by atomic mass is 32.1. The summed E-state index contributed by atoms with van der Waals surface area (Å²) in [6.07, 6.45) is -0.493. The predicted molar refractivity (Wildman–Crippen MR) is 93.8 cm³/mol. The maximum Gasteiger partial charge on any atom is 0.328 e. The number of carbonyl (C=O) groups excluding carboxylic acids is 2.